The van der Waals surface area contributed by atoms with Gasteiger partial charge in [0.15, 0.2) is 0 Å². The molecular formula is C8H15N3O. The lowest BCUT2D eigenvalue weighted by atomic mass is 10.3. The Bertz CT molecular complexity index is 324. The van der Waals surface area contributed by atoms with Crippen molar-refractivity contribution < 1.29 is 0 Å². The molecule has 0 aromatic carbocycles. The van der Waals surface area contributed by atoms with Gasteiger partial charge in [-0.25, -0.2) is 9.48 Å². The molecule has 4 heteroatoms. The molecule has 68 valence electrons. The molecule has 1 heterocycles. The Hall–Kier alpha value is -1.06. The molecule has 0 fully saturated rings. The third-order valence-electron chi connectivity index (χ3n) is 2.23. The SMILES string of the molecule is CC[C@@H](C)n1nc(C)n(C)c1=O. The van der Waals surface area contributed by atoms with E-state index in [-0.39, 0.29) is 11.7 Å². The molecule has 0 N–H and O–H groups in total. The molecule has 1 aromatic rings. The summed E-state index contributed by atoms with van der Waals surface area (Å²) in [7, 11) is 1.74. The highest BCUT2D eigenvalue weighted by molar-refractivity contribution is 4.82. The van der Waals surface area contributed by atoms with E-state index in [0.29, 0.717) is 0 Å². The van der Waals surface area contributed by atoms with E-state index in [9.17, 15) is 4.79 Å². The van der Waals surface area contributed by atoms with Crippen molar-refractivity contribution in [1.29, 1.82) is 0 Å². The van der Waals surface area contributed by atoms with Crippen molar-refractivity contribution in [2.75, 3.05) is 0 Å². The number of aryl methyl sites for hydroxylation is 1. The first-order chi connectivity index (χ1) is 5.57. The van der Waals surface area contributed by atoms with Crippen molar-refractivity contribution in [2.24, 2.45) is 7.05 Å². The van der Waals surface area contributed by atoms with Gasteiger partial charge in [-0.2, -0.15) is 5.10 Å². The van der Waals surface area contributed by atoms with Gasteiger partial charge in [0, 0.05) is 7.05 Å². The van der Waals surface area contributed by atoms with Gasteiger partial charge >= 0.3 is 5.69 Å². The van der Waals surface area contributed by atoms with Crippen LogP contribution in [0, 0.1) is 6.92 Å². The molecule has 1 aromatic heterocycles. The van der Waals surface area contributed by atoms with E-state index in [4.69, 9.17) is 0 Å². The lowest BCUT2D eigenvalue weighted by Crippen LogP contribution is -2.25. The van der Waals surface area contributed by atoms with E-state index in [1.165, 1.54) is 4.68 Å². The number of hydrogen-bond acceptors (Lipinski definition) is 2. The average Bonchev–Trinajstić information content (AvgIpc) is 2.32. The second-order valence-electron chi connectivity index (χ2n) is 3.09. The van der Waals surface area contributed by atoms with Crippen LogP contribution in [0.1, 0.15) is 32.1 Å². The Labute approximate surface area is 71.8 Å². The van der Waals surface area contributed by atoms with Crippen molar-refractivity contribution in [1.82, 2.24) is 14.3 Å². The largest absolute Gasteiger partial charge is 0.345 e. The second kappa shape index (κ2) is 3.13. The quantitative estimate of drug-likeness (QED) is 0.658. The van der Waals surface area contributed by atoms with Crippen LogP contribution in [-0.2, 0) is 7.05 Å². The van der Waals surface area contributed by atoms with Crippen LogP contribution >= 0.6 is 0 Å². The zero-order valence-corrected chi connectivity index (χ0v) is 8.03. The molecule has 1 rings (SSSR count). The van der Waals surface area contributed by atoms with Gasteiger partial charge in [0.2, 0.25) is 0 Å². The maximum Gasteiger partial charge on any atom is 0.345 e. The normalized spacial score (nSPS) is 13.3. The van der Waals surface area contributed by atoms with Crippen molar-refractivity contribution in [2.45, 2.75) is 33.2 Å². The molecule has 0 saturated heterocycles. The van der Waals surface area contributed by atoms with E-state index in [0.717, 1.165) is 12.2 Å². The smallest absolute Gasteiger partial charge is 0.282 e. The van der Waals surface area contributed by atoms with Crippen LogP contribution < -0.4 is 5.69 Å². The number of rotatable bonds is 2. The summed E-state index contributed by atoms with van der Waals surface area (Å²) < 4.78 is 3.10. The number of aromatic nitrogens is 3. The third kappa shape index (κ3) is 1.29. The molecule has 0 aliphatic carbocycles. The van der Waals surface area contributed by atoms with Gasteiger partial charge in [0.25, 0.3) is 0 Å². The molecule has 0 bridgehead atoms. The Morgan fingerprint density at radius 2 is 2.17 bits per heavy atom. The fourth-order valence-corrected chi connectivity index (χ4v) is 1.02. The van der Waals surface area contributed by atoms with Gasteiger partial charge in [0.05, 0.1) is 6.04 Å². The highest BCUT2D eigenvalue weighted by atomic mass is 16.2. The molecule has 1 atom stereocenters. The van der Waals surface area contributed by atoms with Crippen LogP contribution in [0.2, 0.25) is 0 Å². The van der Waals surface area contributed by atoms with E-state index < -0.39 is 0 Å². The maximum atomic E-state index is 11.5. The molecule has 0 unspecified atom stereocenters. The first-order valence-corrected chi connectivity index (χ1v) is 4.20. The number of nitrogens with zero attached hydrogens (tertiary/aromatic N) is 3. The van der Waals surface area contributed by atoms with Crippen molar-refractivity contribution >= 4 is 0 Å². The highest BCUT2D eigenvalue weighted by Crippen LogP contribution is 2.04. The minimum atomic E-state index is -0.0261. The first kappa shape index (κ1) is 9.03. The maximum absolute atomic E-state index is 11.5. The fourth-order valence-electron chi connectivity index (χ4n) is 1.02. The van der Waals surface area contributed by atoms with E-state index in [2.05, 4.69) is 5.10 Å². The Morgan fingerprint density at radius 3 is 2.50 bits per heavy atom. The van der Waals surface area contributed by atoms with E-state index in [1.807, 2.05) is 20.8 Å². The van der Waals surface area contributed by atoms with Crippen LogP contribution in [0.25, 0.3) is 0 Å². The summed E-state index contributed by atoms with van der Waals surface area (Å²) in [4.78, 5) is 11.5. The Morgan fingerprint density at radius 1 is 1.58 bits per heavy atom. The molecule has 0 aliphatic rings. The van der Waals surface area contributed by atoms with Crippen LogP contribution in [-0.4, -0.2) is 14.3 Å². The molecule has 0 amide bonds. The summed E-state index contributed by atoms with van der Waals surface area (Å²) in [6, 6.07) is 0.192. The van der Waals surface area contributed by atoms with Crippen LogP contribution in [0.5, 0.6) is 0 Å². The summed E-state index contributed by atoms with van der Waals surface area (Å²) in [5.41, 5.74) is -0.0261. The van der Waals surface area contributed by atoms with Gasteiger partial charge in [0.1, 0.15) is 5.82 Å². The lowest BCUT2D eigenvalue weighted by molar-refractivity contribution is 0.458. The monoisotopic (exact) mass is 169 g/mol. The minimum absolute atomic E-state index is 0.0261. The lowest BCUT2D eigenvalue weighted by Gasteiger charge is -2.05. The standard InChI is InChI=1S/C8H15N3O/c1-5-6(2)11-8(12)10(4)7(3)9-11/h6H,5H2,1-4H3/t6-/m1/s1. The zero-order chi connectivity index (χ0) is 9.30. The molecular weight excluding hydrogens is 154 g/mol. The van der Waals surface area contributed by atoms with Gasteiger partial charge in [-0.05, 0) is 20.3 Å². The van der Waals surface area contributed by atoms with Crippen LogP contribution in [0.3, 0.4) is 0 Å². The summed E-state index contributed by atoms with van der Waals surface area (Å²) in [6.45, 7) is 5.87. The predicted molar refractivity (Wildman–Crippen MR) is 47.2 cm³/mol. The molecule has 12 heavy (non-hydrogen) atoms. The van der Waals surface area contributed by atoms with Gasteiger partial charge in [-0.15, -0.1) is 0 Å². The molecule has 0 spiro atoms. The van der Waals surface area contributed by atoms with E-state index >= 15 is 0 Å². The molecule has 4 nitrogen and oxygen atoms in total. The minimum Gasteiger partial charge on any atom is -0.282 e. The van der Waals surface area contributed by atoms with Crippen LogP contribution in [0.4, 0.5) is 0 Å². The summed E-state index contributed by atoms with van der Waals surface area (Å²) in [5, 5.41) is 4.15. The predicted octanol–water partition coefficient (Wildman–Crippen LogP) is 0.861. The first-order valence-electron chi connectivity index (χ1n) is 4.20. The highest BCUT2D eigenvalue weighted by Gasteiger charge is 2.10. The zero-order valence-electron chi connectivity index (χ0n) is 8.03. The van der Waals surface area contributed by atoms with Gasteiger partial charge in [-0.3, -0.25) is 4.57 Å². The number of hydrogen-bond donors (Lipinski definition) is 0. The molecule has 0 radical (unpaired) electrons. The second-order valence-corrected chi connectivity index (χ2v) is 3.09. The van der Waals surface area contributed by atoms with Gasteiger partial charge in [-0.1, -0.05) is 6.92 Å². The molecule has 0 saturated carbocycles. The van der Waals surface area contributed by atoms with Crippen LogP contribution in [0.15, 0.2) is 4.79 Å². The Kier molecular flexibility index (Phi) is 2.35. The summed E-state index contributed by atoms with van der Waals surface area (Å²) in [6.07, 6.45) is 0.927. The van der Waals surface area contributed by atoms with Crippen molar-refractivity contribution in [3.8, 4) is 0 Å². The molecule has 0 aliphatic heterocycles. The van der Waals surface area contributed by atoms with Crippen molar-refractivity contribution in [3.63, 3.8) is 0 Å². The fraction of sp³-hybridized carbons (Fsp3) is 0.750. The summed E-state index contributed by atoms with van der Waals surface area (Å²) >= 11 is 0. The van der Waals surface area contributed by atoms with Gasteiger partial charge < -0.3 is 0 Å². The third-order valence-corrected chi connectivity index (χ3v) is 2.23. The summed E-state index contributed by atoms with van der Waals surface area (Å²) in [5.74, 6) is 0.764. The topological polar surface area (TPSA) is 39.8 Å². The Balaban J connectivity index is 3.18. The average molecular weight is 169 g/mol. The van der Waals surface area contributed by atoms with Crippen molar-refractivity contribution in [3.05, 3.63) is 16.3 Å². The van der Waals surface area contributed by atoms with E-state index in [1.54, 1.807) is 11.6 Å².